The molecule has 1 aliphatic carbocycles. The Kier molecular flexibility index (Phi) is 4.27. The van der Waals surface area contributed by atoms with Gasteiger partial charge in [0.05, 0.1) is 11.4 Å². The van der Waals surface area contributed by atoms with Crippen molar-refractivity contribution in [2.24, 2.45) is 0 Å². The third-order valence-corrected chi connectivity index (χ3v) is 5.69. The van der Waals surface area contributed by atoms with Gasteiger partial charge in [-0.05, 0) is 42.0 Å². The molecule has 0 radical (unpaired) electrons. The molecule has 3 aromatic rings. The molecule has 1 aromatic carbocycles. The van der Waals surface area contributed by atoms with Gasteiger partial charge in [-0.15, -0.1) is 11.3 Å². The molecule has 0 spiro atoms. The number of carboxylic acid groups (broad SMARTS) is 1. The van der Waals surface area contributed by atoms with Crippen molar-refractivity contribution in [1.82, 2.24) is 4.98 Å². The lowest BCUT2D eigenvalue weighted by atomic mass is 10.1. The molecular formula is C19H13ClN2O3S. The molecule has 5 nitrogen and oxygen atoms in total. The molecule has 1 unspecified atom stereocenters. The van der Waals surface area contributed by atoms with Crippen LogP contribution in [0, 0.1) is 11.3 Å². The highest BCUT2D eigenvalue weighted by molar-refractivity contribution is 7.17. The summed E-state index contributed by atoms with van der Waals surface area (Å²) in [6.07, 6.45) is 1.38. The zero-order valence-corrected chi connectivity index (χ0v) is 15.1. The molecule has 0 saturated carbocycles. The van der Waals surface area contributed by atoms with Crippen LogP contribution >= 0.6 is 22.9 Å². The van der Waals surface area contributed by atoms with Crippen LogP contribution in [0.5, 0.6) is 5.75 Å². The van der Waals surface area contributed by atoms with Crippen LogP contribution in [0.3, 0.4) is 0 Å². The number of benzene rings is 1. The van der Waals surface area contributed by atoms with Gasteiger partial charge in [0.25, 0.3) is 0 Å². The number of pyridine rings is 1. The first-order valence-electron chi connectivity index (χ1n) is 8.03. The molecule has 0 fully saturated rings. The van der Waals surface area contributed by atoms with Crippen molar-refractivity contribution in [2.45, 2.75) is 25.4 Å². The van der Waals surface area contributed by atoms with Crippen molar-refractivity contribution < 1.29 is 14.6 Å². The van der Waals surface area contributed by atoms with Crippen LogP contribution in [0.2, 0.25) is 5.02 Å². The lowest BCUT2D eigenvalue weighted by Crippen LogP contribution is -2.04. The minimum Gasteiger partial charge on any atom is -0.486 e. The van der Waals surface area contributed by atoms with E-state index in [-0.39, 0.29) is 12.5 Å². The second kappa shape index (κ2) is 6.60. The van der Waals surface area contributed by atoms with Crippen molar-refractivity contribution in [3.63, 3.8) is 0 Å². The van der Waals surface area contributed by atoms with Gasteiger partial charge in [0, 0.05) is 21.3 Å². The predicted octanol–water partition coefficient (Wildman–Crippen LogP) is 4.51. The van der Waals surface area contributed by atoms with Crippen molar-refractivity contribution >= 4 is 39.0 Å². The Balaban J connectivity index is 1.64. The minimum atomic E-state index is -0.882. The number of nitriles is 1. The van der Waals surface area contributed by atoms with Gasteiger partial charge in [0.1, 0.15) is 23.6 Å². The summed E-state index contributed by atoms with van der Waals surface area (Å²) in [5, 5.41) is 21.1. The molecule has 2 heterocycles. The van der Waals surface area contributed by atoms with E-state index in [0.717, 1.165) is 34.2 Å². The Labute approximate surface area is 158 Å². The van der Waals surface area contributed by atoms with E-state index >= 15 is 0 Å². The second-order valence-corrected chi connectivity index (χ2v) is 7.42. The van der Waals surface area contributed by atoms with E-state index in [9.17, 15) is 4.79 Å². The van der Waals surface area contributed by atoms with Crippen LogP contribution in [0.25, 0.3) is 10.1 Å². The fourth-order valence-corrected chi connectivity index (χ4v) is 4.69. The molecule has 0 saturated heterocycles. The molecule has 0 bridgehead atoms. The first-order valence-corrected chi connectivity index (χ1v) is 9.29. The summed E-state index contributed by atoms with van der Waals surface area (Å²) in [6, 6.07) is 9.28. The fraction of sp³-hybridized carbons (Fsp3) is 0.211. The third-order valence-electron chi connectivity index (χ3n) is 4.41. The van der Waals surface area contributed by atoms with Gasteiger partial charge < -0.3 is 9.84 Å². The SMILES string of the molecule is N#Cc1ccc2c(n1)CCC2Oc1cc(Cl)c2c(CC(=O)O)csc2c1. The summed E-state index contributed by atoms with van der Waals surface area (Å²) in [5.74, 6) is -0.235. The summed E-state index contributed by atoms with van der Waals surface area (Å²) in [4.78, 5) is 15.3. The van der Waals surface area contributed by atoms with E-state index in [4.69, 9.17) is 26.7 Å². The topological polar surface area (TPSA) is 83.2 Å². The van der Waals surface area contributed by atoms with Crippen LogP contribution in [-0.2, 0) is 17.6 Å². The first kappa shape index (κ1) is 16.8. The summed E-state index contributed by atoms with van der Waals surface area (Å²) < 4.78 is 7.04. The summed E-state index contributed by atoms with van der Waals surface area (Å²) in [6.45, 7) is 0. The molecule has 130 valence electrons. The van der Waals surface area contributed by atoms with Gasteiger partial charge >= 0.3 is 5.97 Å². The number of hydrogen-bond donors (Lipinski definition) is 1. The van der Waals surface area contributed by atoms with Crippen LogP contribution in [0.1, 0.15) is 35.0 Å². The van der Waals surface area contributed by atoms with E-state index in [1.165, 1.54) is 11.3 Å². The standard InChI is InChI=1S/C19H13ClN2O3S/c20-14-6-12(7-17-19(14)10(9-26-17)5-18(23)24)25-16-4-3-15-13(16)2-1-11(8-21)22-15/h1-2,6-7,9,16H,3-5H2,(H,23,24). The van der Waals surface area contributed by atoms with Gasteiger partial charge in [-0.25, -0.2) is 4.98 Å². The molecule has 7 heteroatoms. The number of halogens is 1. The van der Waals surface area contributed by atoms with E-state index in [1.807, 2.05) is 17.5 Å². The fourth-order valence-electron chi connectivity index (χ4n) is 3.29. The quantitative estimate of drug-likeness (QED) is 0.715. The highest BCUT2D eigenvalue weighted by atomic mass is 35.5. The number of thiophene rings is 1. The Morgan fingerprint density at radius 2 is 2.31 bits per heavy atom. The van der Waals surface area contributed by atoms with E-state index in [2.05, 4.69) is 11.1 Å². The highest BCUT2D eigenvalue weighted by Crippen LogP contribution is 2.39. The molecular weight excluding hydrogens is 372 g/mol. The summed E-state index contributed by atoms with van der Waals surface area (Å²) in [5.41, 5.74) is 3.03. The van der Waals surface area contributed by atoms with Crippen LogP contribution < -0.4 is 4.74 Å². The van der Waals surface area contributed by atoms with Crippen molar-refractivity contribution in [3.8, 4) is 11.8 Å². The zero-order chi connectivity index (χ0) is 18.3. The Morgan fingerprint density at radius 3 is 3.08 bits per heavy atom. The Bertz CT molecular complexity index is 1070. The molecule has 0 amide bonds. The highest BCUT2D eigenvalue weighted by Gasteiger charge is 2.26. The monoisotopic (exact) mass is 384 g/mol. The number of carbonyl (C=O) groups is 1. The smallest absolute Gasteiger partial charge is 0.307 e. The molecule has 1 N–H and O–H groups in total. The number of aromatic nitrogens is 1. The third kappa shape index (κ3) is 3.00. The zero-order valence-electron chi connectivity index (χ0n) is 13.5. The van der Waals surface area contributed by atoms with Gasteiger partial charge in [-0.2, -0.15) is 5.26 Å². The molecule has 0 aliphatic heterocycles. The van der Waals surface area contributed by atoms with E-state index < -0.39 is 5.97 Å². The van der Waals surface area contributed by atoms with E-state index in [1.54, 1.807) is 12.1 Å². The van der Waals surface area contributed by atoms with Crippen molar-refractivity contribution in [3.05, 3.63) is 57.2 Å². The van der Waals surface area contributed by atoms with Crippen LogP contribution in [-0.4, -0.2) is 16.1 Å². The predicted molar refractivity (Wildman–Crippen MR) is 98.8 cm³/mol. The number of nitrogens with zero attached hydrogens (tertiary/aromatic N) is 2. The summed E-state index contributed by atoms with van der Waals surface area (Å²) in [7, 11) is 0. The van der Waals surface area contributed by atoms with Gasteiger partial charge in [-0.3, -0.25) is 4.79 Å². The molecule has 1 aliphatic rings. The van der Waals surface area contributed by atoms with Crippen molar-refractivity contribution in [1.29, 1.82) is 5.26 Å². The number of aryl methyl sites for hydroxylation is 1. The lowest BCUT2D eigenvalue weighted by molar-refractivity contribution is -0.136. The number of fused-ring (bicyclic) bond motifs is 2. The summed E-state index contributed by atoms with van der Waals surface area (Å²) >= 11 is 7.86. The largest absolute Gasteiger partial charge is 0.486 e. The normalized spacial score (nSPS) is 15.6. The Hall–Kier alpha value is -2.62. The molecule has 2 aromatic heterocycles. The maximum Gasteiger partial charge on any atom is 0.307 e. The first-order chi connectivity index (χ1) is 12.5. The minimum absolute atomic E-state index is 0.0528. The number of hydrogen-bond acceptors (Lipinski definition) is 5. The number of aliphatic carboxylic acids is 1. The van der Waals surface area contributed by atoms with Crippen LogP contribution in [0.4, 0.5) is 0 Å². The maximum atomic E-state index is 11.0. The lowest BCUT2D eigenvalue weighted by Gasteiger charge is -2.15. The average molecular weight is 385 g/mol. The molecule has 4 rings (SSSR count). The maximum absolute atomic E-state index is 11.0. The molecule has 1 atom stereocenters. The number of carboxylic acids is 1. The van der Waals surface area contributed by atoms with Gasteiger partial charge in [-0.1, -0.05) is 17.7 Å². The Morgan fingerprint density at radius 1 is 1.46 bits per heavy atom. The average Bonchev–Trinajstić information content (AvgIpc) is 3.19. The second-order valence-electron chi connectivity index (χ2n) is 6.10. The number of ether oxygens (including phenoxy) is 1. The van der Waals surface area contributed by atoms with Crippen LogP contribution in [0.15, 0.2) is 29.6 Å². The number of rotatable bonds is 4. The van der Waals surface area contributed by atoms with Gasteiger partial charge in [0.15, 0.2) is 0 Å². The van der Waals surface area contributed by atoms with E-state index in [0.29, 0.717) is 22.0 Å². The van der Waals surface area contributed by atoms with Gasteiger partial charge in [0.2, 0.25) is 0 Å². The molecule has 26 heavy (non-hydrogen) atoms. The van der Waals surface area contributed by atoms with Crippen molar-refractivity contribution in [2.75, 3.05) is 0 Å².